The van der Waals surface area contributed by atoms with E-state index in [0.717, 1.165) is 59.7 Å². The lowest BCUT2D eigenvalue weighted by atomic mass is 9.81. The maximum atomic E-state index is 8.49. The Balaban J connectivity index is 0.000000264. The molecule has 2 N–H and O–H groups in total. The zero-order chi connectivity index (χ0) is 35.5. The Labute approximate surface area is 287 Å². The summed E-state index contributed by atoms with van der Waals surface area (Å²) >= 11 is 0. The van der Waals surface area contributed by atoms with Gasteiger partial charge in [0.15, 0.2) is 0 Å². The third-order valence-electron chi connectivity index (χ3n) is 8.31. The highest BCUT2D eigenvalue weighted by Crippen LogP contribution is 2.40. The Hall–Kier alpha value is -3.60. The van der Waals surface area contributed by atoms with E-state index in [4.69, 9.17) is 10.8 Å². The standard InChI is InChI=1S/C23H33NO.C20H27NO/c1-16-15-17(2)21(23(4,5)6)22(18(16)3)25-20(13-14-24-7)19-11-9-8-10-12-19;1-16-10-8-9-13-18(16)22-19(14-15-21-20(2,3)4)17-11-6-5-7-12-17/h8-12,15,20,24H,13-14H2,1-7H3;5-13,19,21H,14-15H2,1-4H3/t20-;/m1./s1/i15D;. The van der Waals surface area contributed by atoms with Crippen LogP contribution < -0.4 is 20.1 Å². The summed E-state index contributed by atoms with van der Waals surface area (Å²) in [6, 6.07) is 29.7. The number of hydrogen-bond acceptors (Lipinski definition) is 4. The molecule has 4 nitrogen and oxygen atoms in total. The molecule has 47 heavy (non-hydrogen) atoms. The lowest BCUT2D eigenvalue weighted by molar-refractivity contribution is 0.188. The van der Waals surface area contributed by atoms with Gasteiger partial charge in [0, 0.05) is 23.9 Å². The predicted molar refractivity (Wildman–Crippen MR) is 201 cm³/mol. The molecule has 4 rings (SSSR count). The van der Waals surface area contributed by atoms with Gasteiger partial charge >= 0.3 is 0 Å². The normalized spacial score (nSPS) is 13.2. The molecule has 0 saturated carbocycles. The first-order chi connectivity index (χ1) is 22.6. The van der Waals surface area contributed by atoms with E-state index in [1.165, 1.54) is 16.7 Å². The Kier molecular flexibility index (Phi) is 13.5. The van der Waals surface area contributed by atoms with Gasteiger partial charge in [0.2, 0.25) is 0 Å². The van der Waals surface area contributed by atoms with Crippen LogP contribution in [0.1, 0.15) is 107 Å². The van der Waals surface area contributed by atoms with Gasteiger partial charge in [-0.25, -0.2) is 0 Å². The van der Waals surface area contributed by atoms with Gasteiger partial charge in [-0.15, -0.1) is 0 Å². The van der Waals surface area contributed by atoms with E-state index >= 15 is 0 Å². The van der Waals surface area contributed by atoms with Crippen molar-refractivity contribution in [3.05, 3.63) is 130 Å². The fraction of sp³-hybridized carbons (Fsp3) is 0.442. The lowest BCUT2D eigenvalue weighted by Crippen LogP contribution is -2.37. The van der Waals surface area contributed by atoms with Crippen LogP contribution in [0.4, 0.5) is 0 Å². The number of ether oxygens (including phenoxy) is 2. The second-order valence-corrected chi connectivity index (χ2v) is 14.6. The monoisotopic (exact) mass is 637 g/mol. The third-order valence-corrected chi connectivity index (χ3v) is 8.31. The molecule has 254 valence electrons. The first-order valence-corrected chi connectivity index (χ1v) is 17.1. The summed E-state index contributed by atoms with van der Waals surface area (Å²) in [6.07, 6.45) is 1.89. The van der Waals surface area contributed by atoms with Crippen molar-refractivity contribution < 1.29 is 10.8 Å². The minimum atomic E-state index is -0.0854. The van der Waals surface area contributed by atoms with Crippen LogP contribution in [0.2, 0.25) is 0 Å². The fourth-order valence-electron chi connectivity index (χ4n) is 5.78. The van der Waals surface area contributed by atoms with E-state index in [2.05, 4.69) is 121 Å². The fourth-order valence-corrected chi connectivity index (χ4v) is 5.78. The van der Waals surface area contributed by atoms with E-state index < -0.39 is 0 Å². The van der Waals surface area contributed by atoms with E-state index in [1.807, 2.05) is 51.2 Å². The number of aryl methyl sites for hydroxylation is 1. The Bertz CT molecular complexity index is 1560. The van der Waals surface area contributed by atoms with E-state index in [0.29, 0.717) is 6.04 Å². The van der Waals surface area contributed by atoms with Crippen molar-refractivity contribution in [3.8, 4) is 11.5 Å². The number of hydrogen-bond donors (Lipinski definition) is 2. The predicted octanol–water partition coefficient (Wildman–Crippen LogP) is 10.5. The Morgan fingerprint density at radius 3 is 1.66 bits per heavy atom. The molecule has 0 bridgehead atoms. The highest BCUT2D eigenvalue weighted by Gasteiger charge is 2.26. The molecule has 0 aliphatic heterocycles. The molecule has 0 aliphatic rings. The zero-order valence-electron chi connectivity index (χ0n) is 31.9. The molecular weight excluding hydrogens is 576 g/mol. The molecule has 4 aromatic carbocycles. The quantitative estimate of drug-likeness (QED) is 0.162. The molecule has 0 aliphatic carbocycles. The van der Waals surface area contributed by atoms with Crippen molar-refractivity contribution in [2.75, 3.05) is 20.1 Å². The second kappa shape index (κ2) is 17.5. The van der Waals surface area contributed by atoms with Gasteiger partial charge in [0.1, 0.15) is 23.7 Å². The van der Waals surface area contributed by atoms with Crippen LogP contribution in [0.25, 0.3) is 0 Å². The largest absolute Gasteiger partial charge is 0.485 e. The first kappa shape index (κ1) is 36.2. The van der Waals surface area contributed by atoms with E-state index in [-0.39, 0.29) is 23.2 Å². The topological polar surface area (TPSA) is 42.5 Å². The summed E-state index contributed by atoms with van der Waals surface area (Å²) in [5.41, 5.74) is 7.89. The SMILES string of the molecule is Cc1ccccc1OC(CCNC(C)(C)C)c1ccccc1.[2H]c1c(C)c(C)c(O[C@H](CCNC)c2ccccc2)c(C(C)(C)C)c1C. The summed E-state index contributed by atoms with van der Waals surface area (Å²) in [5, 5.41) is 6.78. The van der Waals surface area contributed by atoms with Crippen molar-refractivity contribution in [1.29, 1.82) is 0 Å². The van der Waals surface area contributed by atoms with Crippen molar-refractivity contribution in [2.45, 2.75) is 105 Å². The number of benzene rings is 4. The van der Waals surface area contributed by atoms with E-state index in [1.54, 1.807) is 0 Å². The summed E-state index contributed by atoms with van der Waals surface area (Å²) in [5.74, 6) is 1.92. The number of nitrogens with one attached hydrogen (secondary N) is 2. The summed E-state index contributed by atoms with van der Waals surface area (Å²) < 4.78 is 21.5. The van der Waals surface area contributed by atoms with Gasteiger partial charge in [-0.05, 0) is 113 Å². The summed E-state index contributed by atoms with van der Waals surface area (Å²) in [4.78, 5) is 0. The molecule has 0 radical (unpaired) electrons. The molecule has 0 heterocycles. The third kappa shape index (κ3) is 11.9. The second-order valence-electron chi connectivity index (χ2n) is 14.6. The molecule has 4 heteroatoms. The molecule has 0 amide bonds. The van der Waals surface area contributed by atoms with Gasteiger partial charge in [-0.3, -0.25) is 0 Å². The minimum Gasteiger partial charge on any atom is -0.485 e. The van der Waals surface area contributed by atoms with Crippen LogP contribution in [0.5, 0.6) is 11.5 Å². The maximum Gasteiger partial charge on any atom is 0.127 e. The Morgan fingerprint density at radius 1 is 0.638 bits per heavy atom. The highest BCUT2D eigenvalue weighted by molar-refractivity contribution is 5.53. The van der Waals surface area contributed by atoms with Crippen LogP contribution in [-0.4, -0.2) is 25.7 Å². The molecule has 0 fully saturated rings. The molecular formula is C43H60N2O2. The van der Waals surface area contributed by atoms with Crippen LogP contribution >= 0.6 is 0 Å². The van der Waals surface area contributed by atoms with Crippen molar-refractivity contribution in [1.82, 2.24) is 10.6 Å². The lowest BCUT2D eigenvalue weighted by Gasteiger charge is -2.30. The van der Waals surface area contributed by atoms with Gasteiger partial charge < -0.3 is 20.1 Å². The van der Waals surface area contributed by atoms with Gasteiger partial charge in [-0.1, -0.05) is 106 Å². The van der Waals surface area contributed by atoms with Crippen LogP contribution in [0, 0.1) is 27.7 Å². The van der Waals surface area contributed by atoms with Crippen molar-refractivity contribution in [2.24, 2.45) is 0 Å². The molecule has 0 saturated heterocycles. The minimum absolute atomic E-state index is 0.0150. The molecule has 0 aromatic heterocycles. The van der Waals surface area contributed by atoms with Gasteiger partial charge in [0.05, 0.1) is 1.37 Å². The van der Waals surface area contributed by atoms with Crippen LogP contribution in [0.15, 0.2) is 91.0 Å². The van der Waals surface area contributed by atoms with Crippen LogP contribution in [0.3, 0.4) is 0 Å². The average Bonchev–Trinajstić information content (AvgIpc) is 3.04. The van der Waals surface area contributed by atoms with Crippen LogP contribution in [-0.2, 0) is 5.41 Å². The van der Waals surface area contributed by atoms with Gasteiger partial charge in [0.25, 0.3) is 0 Å². The Morgan fingerprint density at radius 2 is 1.15 bits per heavy atom. The number of para-hydroxylation sites is 1. The zero-order valence-corrected chi connectivity index (χ0v) is 30.9. The first-order valence-electron chi connectivity index (χ1n) is 17.6. The molecule has 2 atom stereocenters. The summed E-state index contributed by atoms with van der Waals surface area (Å²) in [7, 11) is 1.97. The average molecular weight is 638 g/mol. The summed E-state index contributed by atoms with van der Waals surface area (Å²) in [6.45, 7) is 23.2. The van der Waals surface area contributed by atoms with Crippen molar-refractivity contribution >= 4 is 0 Å². The molecule has 4 aromatic rings. The van der Waals surface area contributed by atoms with E-state index in [9.17, 15) is 0 Å². The van der Waals surface area contributed by atoms with Gasteiger partial charge in [-0.2, -0.15) is 0 Å². The number of rotatable bonds is 12. The smallest absolute Gasteiger partial charge is 0.127 e. The maximum absolute atomic E-state index is 8.49. The molecule has 0 spiro atoms. The molecule has 1 unspecified atom stereocenters. The van der Waals surface area contributed by atoms with Crippen molar-refractivity contribution in [3.63, 3.8) is 0 Å². The highest BCUT2D eigenvalue weighted by atomic mass is 16.5.